The number of β-amino-alcohol motifs (C(OH)–C–C–N with tert-alkyl or cyclic N) is 1. The van der Waals surface area contributed by atoms with Gasteiger partial charge < -0.3 is 15.7 Å². The van der Waals surface area contributed by atoms with E-state index < -0.39 is 45.6 Å². The lowest BCUT2D eigenvalue weighted by atomic mass is 9.97. The molecular weight excluding hydrogens is 400 g/mol. The second kappa shape index (κ2) is 7.39. The largest absolute Gasteiger partial charge is 0.378 e. The average molecular weight is 424 g/mol. The van der Waals surface area contributed by atoms with Crippen LogP contribution in [-0.2, 0) is 26.2 Å². The van der Waals surface area contributed by atoms with Gasteiger partial charge in [0.25, 0.3) is 11.8 Å². The highest BCUT2D eigenvalue weighted by Gasteiger charge is 2.54. The molecule has 0 bridgehead atoms. The Balaban J connectivity index is 1.65. The lowest BCUT2D eigenvalue weighted by Gasteiger charge is -2.27. The second-order valence-electron chi connectivity index (χ2n) is 7.76. The van der Waals surface area contributed by atoms with Crippen LogP contribution in [0.2, 0.25) is 0 Å². The van der Waals surface area contributed by atoms with Gasteiger partial charge in [0.15, 0.2) is 5.60 Å². The van der Waals surface area contributed by atoms with Crippen molar-refractivity contribution in [3.05, 3.63) is 29.8 Å². The third kappa shape index (κ3) is 4.26. The van der Waals surface area contributed by atoms with Gasteiger partial charge in [0.2, 0.25) is 10.0 Å². The standard InChI is InChI=1S/C18H24N4O6S/c1-17(26,11-22-15(24)18(21-16(22)25)7-2-3-8-18)14(23)20-10-12-5-4-6-13(9-12)29(19,27)28/h4-6,9,26H,2-3,7-8,10-11H2,1H3,(H,20,23)(H,21,25)(H2,19,27,28)/t17-/m0/s1. The minimum absolute atomic E-state index is 0.0670. The number of nitrogens with zero attached hydrogens (tertiary/aromatic N) is 1. The van der Waals surface area contributed by atoms with Crippen LogP contribution in [0.3, 0.4) is 0 Å². The zero-order chi connectivity index (χ0) is 21.4. The number of primary sulfonamides is 1. The Morgan fingerprint density at radius 1 is 1.34 bits per heavy atom. The normalized spacial score (nSPS) is 20.6. The fourth-order valence-electron chi connectivity index (χ4n) is 3.72. The van der Waals surface area contributed by atoms with Crippen LogP contribution >= 0.6 is 0 Å². The molecule has 1 atom stereocenters. The van der Waals surface area contributed by atoms with Gasteiger partial charge in [-0.2, -0.15) is 0 Å². The number of nitrogens with one attached hydrogen (secondary N) is 2. The van der Waals surface area contributed by atoms with E-state index in [9.17, 15) is 27.9 Å². The predicted molar refractivity (Wildman–Crippen MR) is 102 cm³/mol. The van der Waals surface area contributed by atoms with E-state index in [1.807, 2.05) is 0 Å². The SMILES string of the molecule is C[C@](O)(CN1C(=O)NC2(CCCC2)C1=O)C(=O)NCc1cccc(S(N)(=O)=O)c1. The summed E-state index contributed by atoms with van der Waals surface area (Å²) in [4.78, 5) is 38.2. The van der Waals surface area contributed by atoms with Gasteiger partial charge in [-0.1, -0.05) is 25.0 Å². The van der Waals surface area contributed by atoms with Crippen LogP contribution in [0.5, 0.6) is 0 Å². The van der Waals surface area contributed by atoms with Crippen LogP contribution in [0, 0.1) is 0 Å². The average Bonchev–Trinajstić information content (AvgIpc) is 3.20. The number of urea groups is 1. The summed E-state index contributed by atoms with van der Waals surface area (Å²) >= 11 is 0. The summed E-state index contributed by atoms with van der Waals surface area (Å²) in [6.07, 6.45) is 2.74. The molecule has 10 nitrogen and oxygen atoms in total. The van der Waals surface area contributed by atoms with Crippen molar-refractivity contribution >= 4 is 27.9 Å². The maximum absolute atomic E-state index is 12.7. The van der Waals surface area contributed by atoms with Crippen LogP contribution < -0.4 is 15.8 Å². The van der Waals surface area contributed by atoms with Crippen molar-refractivity contribution < 1.29 is 27.9 Å². The van der Waals surface area contributed by atoms with E-state index in [1.54, 1.807) is 6.07 Å². The molecule has 29 heavy (non-hydrogen) atoms. The number of hydrogen-bond donors (Lipinski definition) is 4. The first-order chi connectivity index (χ1) is 13.4. The monoisotopic (exact) mass is 424 g/mol. The molecule has 1 spiro atoms. The highest BCUT2D eigenvalue weighted by atomic mass is 32.2. The molecule has 2 fully saturated rings. The van der Waals surface area contributed by atoms with Crippen molar-refractivity contribution in [3.8, 4) is 0 Å². The van der Waals surface area contributed by atoms with Gasteiger partial charge >= 0.3 is 6.03 Å². The topological polar surface area (TPSA) is 159 Å². The Labute approximate surface area is 168 Å². The van der Waals surface area contributed by atoms with Gasteiger partial charge in [0, 0.05) is 6.54 Å². The van der Waals surface area contributed by atoms with E-state index in [1.165, 1.54) is 25.1 Å². The van der Waals surface area contributed by atoms with Crippen molar-refractivity contribution in [2.45, 2.75) is 55.2 Å². The van der Waals surface area contributed by atoms with Gasteiger partial charge in [-0.05, 0) is 37.5 Å². The molecule has 1 saturated heterocycles. The van der Waals surface area contributed by atoms with E-state index in [4.69, 9.17) is 5.14 Å². The molecule has 1 aromatic rings. The smallest absolute Gasteiger partial charge is 0.325 e. The number of sulfonamides is 1. The molecule has 5 N–H and O–H groups in total. The molecule has 1 aliphatic heterocycles. The Morgan fingerprint density at radius 2 is 2.00 bits per heavy atom. The minimum atomic E-state index is -3.88. The van der Waals surface area contributed by atoms with Crippen LogP contribution in [0.15, 0.2) is 29.2 Å². The van der Waals surface area contributed by atoms with Gasteiger partial charge in [-0.15, -0.1) is 0 Å². The lowest BCUT2D eigenvalue weighted by molar-refractivity contribution is -0.143. The van der Waals surface area contributed by atoms with Gasteiger partial charge in [-0.25, -0.2) is 18.4 Å². The van der Waals surface area contributed by atoms with E-state index in [0.29, 0.717) is 18.4 Å². The molecule has 4 amide bonds. The third-order valence-electron chi connectivity index (χ3n) is 5.34. The fraction of sp³-hybridized carbons (Fsp3) is 0.500. The van der Waals surface area contributed by atoms with Crippen LogP contribution in [-0.4, -0.2) is 54.0 Å². The summed E-state index contributed by atoms with van der Waals surface area (Å²) in [5.74, 6) is -1.22. The second-order valence-corrected chi connectivity index (χ2v) is 9.32. The Morgan fingerprint density at radius 3 is 2.62 bits per heavy atom. The number of aliphatic hydroxyl groups is 1. The summed E-state index contributed by atoms with van der Waals surface area (Å²) < 4.78 is 22.8. The summed E-state index contributed by atoms with van der Waals surface area (Å²) in [7, 11) is -3.88. The molecular formula is C18H24N4O6S. The Hall–Kier alpha value is -2.50. The molecule has 3 rings (SSSR count). The molecule has 1 saturated carbocycles. The van der Waals surface area contributed by atoms with Crippen LogP contribution in [0.4, 0.5) is 4.79 Å². The summed E-state index contributed by atoms with van der Waals surface area (Å²) in [6, 6.07) is 5.09. The molecule has 0 unspecified atom stereocenters. The molecule has 1 heterocycles. The number of benzene rings is 1. The molecule has 2 aliphatic rings. The maximum atomic E-state index is 12.7. The number of nitrogens with two attached hydrogens (primary N) is 1. The molecule has 0 aromatic heterocycles. The summed E-state index contributed by atoms with van der Waals surface area (Å²) in [5, 5.41) is 20.8. The third-order valence-corrected chi connectivity index (χ3v) is 6.25. The quantitative estimate of drug-likeness (QED) is 0.453. The van der Waals surface area contributed by atoms with Crippen molar-refractivity contribution in [2.24, 2.45) is 5.14 Å². The van der Waals surface area contributed by atoms with E-state index in [2.05, 4.69) is 10.6 Å². The highest BCUT2D eigenvalue weighted by molar-refractivity contribution is 7.89. The number of carbonyl (C=O) groups is 3. The highest BCUT2D eigenvalue weighted by Crippen LogP contribution is 2.35. The van der Waals surface area contributed by atoms with Crippen molar-refractivity contribution in [2.75, 3.05) is 6.54 Å². The van der Waals surface area contributed by atoms with Gasteiger partial charge in [0.05, 0.1) is 11.4 Å². The number of hydrogen-bond acceptors (Lipinski definition) is 6. The molecule has 1 aliphatic carbocycles. The lowest BCUT2D eigenvalue weighted by Crippen LogP contribution is -2.53. The fourth-order valence-corrected chi connectivity index (χ4v) is 4.31. The van der Waals surface area contributed by atoms with Crippen molar-refractivity contribution in [1.29, 1.82) is 0 Å². The maximum Gasteiger partial charge on any atom is 0.325 e. The number of amides is 4. The van der Waals surface area contributed by atoms with Crippen molar-refractivity contribution in [3.63, 3.8) is 0 Å². The molecule has 0 radical (unpaired) electrons. The number of imide groups is 1. The van der Waals surface area contributed by atoms with Crippen molar-refractivity contribution in [1.82, 2.24) is 15.5 Å². The number of carbonyl (C=O) groups excluding carboxylic acids is 3. The van der Waals surface area contributed by atoms with E-state index in [-0.39, 0.29) is 11.4 Å². The first-order valence-electron chi connectivity index (χ1n) is 9.21. The Kier molecular flexibility index (Phi) is 5.41. The van der Waals surface area contributed by atoms with Gasteiger partial charge in [0.1, 0.15) is 5.54 Å². The zero-order valence-corrected chi connectivity index (χ0v) is 16.8. The molecule has 1 aromatic carbocycles. The summed E-state index contributed by atoms with van der Waals surface area (Å²) in [6.45, 7) is 0.661. The first-order valence-corrected chi connectivity index (χ1v) is 10.8. The van der Waals surface area contributed by atoms with Gasteiger partial charge in [-0.3, -0.25) is 14.5 Å². The van der Waals surface area contributed by atoms with E-state index >= 15 is 0 Å². The van der Waals surface area contributed by atoms with Crippen LogP contribution in [0.25, 0.3) is 0 Å². The van der Waals surface area contributed by atoms with Crippen LogP contribution in [0.1, 0.15) is 38.2 Å². The zero-order valence-electron chi connectivity index (χ0n) is 16.0. The molecule has 11 heteroatoms. The van der Waals surface area contributed by atoms with E-state index in [0.717, 1.165) is 17.7 Å². The Bertz CT molecular complexity index is 953. The number of rotatable bonds is 6. The summed E-state index contributed by atoms with van der Waals surface area (Å²) in [5.41, 5.74) is -2.48. The first kappa shape index (κ1) is 21.2. The molecule has 158 valence electrons. The predicted octanol–water partition coefficient (Wildman–Crippen LogP) is -0.434. The minimum Gasteiger partial charge on any atom is -0.378 e.